The molecule has 1 amide bonds. The normalized spacial score (nSPS) is 17.3. The van der Waals surface area contributed by atoms with Crippen LogP contribution < -0.4 is 14.8 Å². The van der Waals surface area contributed by atoms with Crippen LogP contribution in [0.15, 0.2) is 54.6 Å². The van der Waals surface area contributed by atoms with Crippen molar-refractivity contribution in [1.82, 2.24) is 5.32 Å². The maximum absolute atomic E-state index is 12.5. The molecule has 2 atom stereocenters. The summed E-state index contributed by atoms with van der Waals surface area (Å²) in [6.45, 7) is 2.91. The Balaban J connectivity index is 1.57. The third-order valence-electron chi connectivity index (χ3n) is 4.00. The second kappa shape index (κ2) is 7.18. The van der Waals surface area contributed by atoms with Gasteiger partial charge in [0.2, 0.25) is 5.91 Å². The van der Waals surface area contributed by atoms with Crippen molar-refractivity contribution >= 4 is 5.91 Å². The van der Waals surface area contributed by atoms with Gasteiger partial charge >= 0.3 is 0 Å². The summed E-state index contributed by atoms with van der Waals surface area (Å²) >= 11 is 0. The monoisotopic (exact) mass is 311 g/mol. The molecule has 1 aliphatic heterocycles. The van der Waals surface area contributed by atoms with Crippen LogP contribution >= 0.6 is 0 Å². The number of carbonyl (C=O) groups is 1. The summed E-state index contributed by atoms with van der Waals surface area (Å²) in [5.74, 6) is 1.38. The van der Waals surface area contributed by atoms with Gasteiger partial charge in [0.05, 0.1) is 12.5 Å². The molecule has 1 heterocycles. The average Bonchev–Trinajstić information content (AvgIpc) is 2.61. The van der Waals surface area contributed by atoms with E-state index in [1.165, 1.54) is 0 Å². The Hall–Kier alpha value is -2.49. The second-order valence-corrected chi connectivity index (χ2v) is 5.61. The van der Waals surface area contributed by atoms with E-state index in [4.69, 9.17) is 9.47 Å². The van der Waals surface area contributed by atoms with Gasteiger partial charge in [0, 0.05) is 0 Å². The van der Waals surface area contributed by atoms with Crippen molar-refractivity contribution in [1.29, 1.82) is 0 Å². The highest BCUT2D eigenvalue weighted by molar-refractivity contribution is 5.83. The number of hydrogen-bond acceptors (Lipinski definition) is 3. The molecule has 3 rings (SSSR count). The molecular formula is C19H21NO3. The van der Waals surface area contributed by atoms with Crippen LogP contribution in [-0.2, 0) is 4.79 Å². The van der Waals surface area contributed by atoms with E-state index in [-0.39, 0.29) is 17.9 Å². The van der Waals surface area contributed by atoms with Crippen molar-refractivity contribution in [2.75, 3.05) is 13.2 Å². The molecule has 23 heavy (non-hydrogen) atoms. The molecule has 0 aromatic heterocycles. The predicted octanol–water partition coefficient (Wildman–Crippen LogP) is 3.14. The fourth-order valence-electron chi connectivity index (χ4n) is 2.76. The maximum atomic E-state index is 12.5. The Morgan fingerprint density at radius 1 is 1.13 bits per heavy atom. The summed E-state index contributed by atoms with van der Waals surface area (Å²) in [4.78, 5) is 12.5. The van der Waals surface area contributed by atoms with Gasteiger partial charge in [0.1, 0.15) is 12.7 Å². The highest BCUT2D eigenvalue weighted by Crippen LogP contribution is 2.30. The van der Waals surface area contributed by atoms with Crippen LogP contribution in [0.4, 0.5) is 0 Å². The summed E-state index contributed by atoms with van der Waals surface area (Å²) in [5.41, 5.74) is 1.04. The van der Waals surface area contributed by atoms with E-state index >= 15 is 0 Å². The topological polar surface area (TPSA) is 47.6 Å². The number of ether oxygens (including phenoxy) is 2. The van der Waals surface area contributed by atoms with Crippen LogP contribution in [0.25, 0.3) is 0 Å². The molecule has 0 aliphatic carbocycles. The summed E-state index contributed by atoms with van der Waals surface area (Å²) in [7, 11) is 0. The molecule has 4 heteroatoms. The molecular weight excluding hydrogens is 290 g/mol. The molecule has 0 bridgehead atoms. The molecule has 2 aromatic rings. The number of rotatable bonds is 5. The van der Waals surface area contributed by atoms with Crippen LogP contribution in [0.2, 0.25) is 0 Å². The number of carbonyl (C=O) groups excluding carboxylic acids is 1. The minimum absolute atomic E-state index is 0.0289. The summed E-state index contributed by atoms with van der Waals surface area (Å²) in [6, 6.07) is 17.4. The molecule has 0 radical (unpaired) electrons. The number of benzene rings is 2. The summed E-state index contributed by atoms with van der Waals surface area (Å²) in [5, 5.41) is 2.99. The van der Waals surface area contributed by atoms with Crippen molar-refractivity contribution in [3.05, 3.63) is 60.2 Å². The minimum atomic E-state index is -0.165. The molecule has 0 fully saturated rings. The number of nitrogens with one attached hydrogen (secondary N) is 1. The first kappa shape index (κ1) is 15.4. The third kappa shape index (κ3) is 3.65. The van der Waals surface area contributed by atoms with Crippen molar-refractivity contribution < 1.29 is 14.3 Å². The van der Waals surface area contributed by atoms with Crippen molar-refractivity contribution in [2.45, 2.75) is 25.4 Å². The maximum Gasteiger partial charge on any atom is 0.227 e. The fraction of sp³-hybridized carbons (Fsp3) is 0.316. The summed E-state index contributed by atoms with van der Waals surface area (Å²) < 4.78 is 11.5. The Bertz CT molecular complexity index is 657. The minimum Gasteiger partial charge on any atom is -0.486 e. The highest BCUT2D eigenvalue weighted by Gasteiger charge is 2.23. The van der Waals surface area contributed by atoms with Gasteiger partial charge in [-0.15, -0.1) is 0 Å². The molecule has 2 aromatic carbocycles. The number of fused-ring (bicyclic) bond motifs is 1. The first-order valence-electron chi connectivity index (χ1n) is 7.99. The van der Waals surface area contributed by atoms with Crippen LogP contribution in [0.3, 0.4) is 0 Å². The molecule has 0 saturated heterocycles. The van der Waals surface area contributed by atoms with Gasteiger partial charge in [-0.2, -0.15) is 0 Å². The van der Waals surface area contributed by atoms with E-state index in [0.717, 1.165) is 23.5 Å². The van der Waals surface area contributed by atoms with E-state index in [2.05, 4.69) is 5.32 Å². The van der Waals surface area contributed by atoms with Gasteiger partial charge in [-0.25, -0.2) is 0 Å². The van der Waals surface area contributed by atoms with Crippen LogP contribution in [0, 0.1) is 0 Å². The Morgan fingerprint density at radius 2 is 1.83 bits per heavy atom. The molecule has 0 saturated carbocycles. The Kier molecular flexibility index (Phi) is 4.81. The zero-order valence-corrected chi connectivity index (χ0v) is 13.2. The second-order valence-electron chi connectivity index (χ2n) is 5.61. The predicted molar refractivity (Wildman–Crippen MR) is 88.8 cm³/mol. The van der Waals surface area contributed by atoms with E-state index in [1.807, 2.05) is 61.5 Å². The van der Waals surface area contributed by atoms with Crippen molar-refractivity contribution in [2.24, 2.45) is 0 Å². The molecule has 4 nitrogen and oxygen atoms in total. The number of hydrogen-bond donors (Lipinski definition) is 1. The van der Waals surface area contributed by atoms with Gasteiger partial charge < -0.3 is 14.8 Å². The first-order chi connectivity index (χ1) is 11.3. The molecule has 0 spiro atoms. The quantitative estimate of drug-likeness (QED) is 0.923. The van der Waals surface area contributed by atoms with E-state index in [0.29, 0.717) is 13.2 Å². The van der Waals surface area contributed by atoms with Gasteiger partial charge in [-0.05, 0) is 24.1 Å². The SMILES string of the molecule is CC[C@H](C(=O)NC[C@@H]1COc2ccccc2O1)c1ccccc1. The van der Waals surface area contributed by atoms with E-state index < -0.39 is 0 Å². The summed E-state index contributed by atoms with van der Waals surface area (Å²) in [6.07, 6.45) is 0.600. The van der Waals surface area contributed by atoms with Crippen LogP contribution in [0.1, 0.15) is 24.8 Å². The molecule has 120 valence electrons. The lowest BCUT2D eigenvalue weighted by Crippen LogP contribution is -2.42. The smallest absolute Gasteiger partial charge is 0.227 e. The number of para-hydroxylation sites is 2. The first-order valence-corrected chi connectivity index (χ1v) is 7.99. The standard InChI is InChI=1S/C19H21NO3/c1-2-16(14-8-4-3-5-9-14)19(21)20-12-15-13-22-17-10-6-7-11-18(17)23-15/h3-11,15-16H,2,12-13H2,1H3,(H,20,21)/t15-,16+/m1/s1. The lowest BCUT2D eigenvalue weighted by Gasteiger charge is -2.27. The van der Waals surface area contributed by atoms with Gasteiger partial charge in [-0.3, -0.25) is 4.79 Å². The lowest BCUT2D eigenvalue weighted by atomic mass is 9.95. The average molecular weight is 311 g/mol. The zero-order chi connectivity index (χ0) is 16.1. The van der Waals surface area contributed by atoms with Crippen LogP contribution in [0.5, 0.6) is 11.5 Å². The van der Waals surface area contributed by atoms with Gasteiger partial charge in [-0.1, -0.05) is 49.4 Å². The van der Waals surface area contributed by atoms with E-state index in [9.17, 15) is 4.79 Å². The van der Waals surface area contributed by atoms with Gasteiger partial charge in [0.25, 0.3) is 0 Å². The molecule has 1 aliphatic rings. The third-order valence-corrected chi connectivity index (χ3v) is 4.00. The van der Waals surface area contributed by atoms with Crippen molar-refractivity contribution in [3.8, 4) is 11.5 Å². The van der Waals surface area contributed by atoms with Crippen LogP contribution in [-0.4, -0.2) is 25.2 Å². The fourth-order valence-corrected chi connectivity index (χ4v) is 2.76. The molecule has 1 N–H and O–H groups in total. The van der Waals surface area contributed by atoms with E-state index in [1.54, 1.807) is 0 Å². The molecule has 0 unspecified atom stereocenters. The van der Waals surface area contributed by atoms with Gasteiger partial charge in [0.15, 0.2) is 11.5 Å². The lowest BCUT2D eigenvalue weighted by molar-refractivity contribution is -0.123. The highest BCUT2D eigenvalue weighted by atomic mass is 16.6. The Morgan fingerprint density at radius 3 is 2.57 bits per heavy atom. The Labute approximate surface area is 136 Å². The largest absolute Gasteiger partial charge is 0.486 e. The zero-order valence-electron chi connectivity index (χ0n) is 13.2. The van der Waals surface area contributed by atoms with Crippen molar-refractivity contribution in [3.63, 3.8) is 0 Å². The number of amides is 1.